The van der Waals surface area contributed by atoms with E-state index < -0.39 is 6.10 Å². The third-order valence-corrected chi connectivity index (χ3v) is 1.82. The molecule has 0 aliphatic carbocycles. The van der Waals surface area contributed by atoms with Gasteiger partial charge in [-0.1, -0.05) is 56.3 Å². The molecule has 0 aliphatic heterocycles. The lowest BCUT2D eigenvalue weighted by Crippen LogP contribution is -1.92. The van der Waals surface area contributed by atoms with Crippen molar-refractivity contribution in [1.29, 1.82) is 0 Å². The summed E-state index contributed by atoms with van der Waals surface area (Å²) in [6, 6.07) is 9.66. The van der Waals surface area contributed by atoms with Crippen LogP contribution in [0.3, 0.4) is 0 Å². The third-order valence-electron chi connectivity index (χ3n) is 1.82. The molecule has 1 heteroatoms. The maximum Gasteiger partial charge on any atom is 0.0971 e. The van der Waals surface area contributed by atoms with E-state index in [9.17, 15) is 5.11 Å². The fourth-order valence-corrected chi connectivity index (χ4v) is 1.09. The molecule has 0 bridgehead atoms. The zero-order valence-electron chi connectivity index (χ0n) is 8.14. The molecule has 0 spiro atoms. The lowest BCUT2D eigenvalue weighted by atomic mass is 10.1. The number of hydrogen-bond donors (Lipinski definition) is 1. The number of aliphatic hydroxyl groups is 1. The molecule has 0 amide bonds. The lowest BCUT2D eigenvalue weighted by Gasteiger charge is -2.05. The first-order chi connectivity index (χ1) is 6.20. The Balaban J connectivity index is 2.64. The van der Waals surface area contributed by atoms with Gasteiger partial charge in [-0.25, -0.2) is 0 Å². The van der Waals surface area contributed by atoms with Crippen LogP contribution >= 0.6 is 0 Å². The largest absolute Gasteiger partial charge is 0.384 e. The summed E-state index contributed by atoms with van der Waals surface area (Å²) in [7, 11) is 0. The van der Waals surface area contributed by atoms with Crippen LogP contribution in [0.25, 0.3) is 0 Å². The highest BCUT2D eigenvalue weighted by molar-refractivity contribution is 5.20. The number of allylic oxidation sites excluding steroid dienone is 1. The molecule has 0 fully saturated rings. The van der Waals surface area contributed by atoms with Gasteiger partial charge in [-0.15, -0.1) is 0 Å². The minimum Gasteiger partial charge on any atom is -0.384 e. The molecular formula is C12H16O. The van der Waals surface area contributed by atoms with Crippen LogP contribution in [-0.4, -0.2) is 5.11 Å². The molecule has 1 N–H and O–H groups in total. The van der Waals surface area contributed by atoms with Crippen LogP contribution in [0.1, 0.15) is 25.5 Å². The maximum absolute atomic E-state index is 9.68. The molecule has 70 valence electrons. The van der Waals surface area contributed by atoms with Crippen LogP contribution in [-0.2, 0) is 0 Å². The van der Waals surface area contributed by atoms with Crippen molar-refractivity contribution < 1.29 is 5.11 Å². The Labute approximate surface area is 79.7 Å². The van der Waals surface area contributed by atoms with Crippen molar-refractivity contribution >= 4 is 0 Å². The monoisotopic (exact) mass is 176 g/mol. The molecule has 0 heterocycles. The molecule has 0 saturated heterocycles. The minimum absolute atomic E-state index is 0.469. The maximum atomic E-state index is 9.68. The lowest BCUT2D eigenvalue weighted by molar-refractivity contribution is 0.228. The van der Waals surface area contributed by atoms with Gasteiger partial charge in [0.1, 0.15) is 0 Å². The van der Waals surface area contributed by atoms with Crippen LogP contribution in [0, 0.1) is 5.92 Å². The quantitative estimate of drug-likeness (QED) is 0.702. The predicted molar refractivity (Wildman–Crippen MR) is 55.4 cm³/mol. The Kier molecular flexibility index (Phi) is 3.71. The summed E-state index contributed by atoms with van der Waals surface area (Å²) in [5.41, 5.74) is 0.944. The second-order valence-electron chi connectivity index (χ2n) is 3.48. The predicted octanol–water partition coefficient (Wildman–Crippen LogP) is 2.93. The van der Waals surface area contributed by atoms with Gasteiger partial charge >= 0.3 is 0 Å². The Bertz CT molecular complexity index is 262. The molecule has 1 aromatic rings. The third kappa shape index (κ3) is 3.43. The molecule has 1 atom stereocenters. The van der Waals surface area contributed by atoms with E-state index in [2.05, 4.69) is 13.8 Å². The number of benzene rings is 1. The average Bonchev–Trinajstić information content (AvgIpc) is 2.15. The summed E-state index contributed by atoms with van der Waals surface area (Å²) < 4.78 is 0. The van der Waals surface area contributed by atoms with Gasteiger partial charge in [-0.2, -0.15) is 0 Å². The first-order valence-electron chi connectivity index (χ1n) is 4.61. The average molecular weight is 176 g/mol. The number of aliphatic hydroxyl groups excluding tert-OH is 1. The van der Waals surface area contributed by atoms with Crippen molar-refractivity contribution in [2.75, 3.05) is 0 Å². The van der Waals surface area contributed by atoms with E-state index in [1.54, 1.807) is 0 Å². The summed E-state index contributed by atoms with van der Waals surface area (Å²) in [4.78, 5) is 0. The van der Waals surface area contributed by atoms with E-state index in [4.69, 9.17) is 0 Å². The zero-order chi connectivity index (χ0) is 9.68. The molecule has 0 aromatic heterocycles. The smallest absolute Gasteiger partial charge is 0.0971 e. The molecule has 1 nitrogen and oxygen atoms in total. The molecule has 0 radical (unpaired) electrons. The van der Waals surface area contributed by atoms with Crippen LogP contribution in [0.2, 0.25) is 0 Å². The Morgan fingerprint density at radius 3 is 2.23 bits per heavy atom. The molecule has 0 unspecified atom stereocenters. The van der Waals surface area contributed by atoms with Gasteiger partial charge in [0, 0.05) is 0 Å². The molecule has 1 aromatic carbocycles. The fraction of sp³-hybridized carbons (Fsp3) is 0.333. The molecular weight excluding hydrogens is 160 g/mol. The SMILES string of the molecule is CC(C)/C=C/[C@@H](O)c1ccccc1. The summed E-state index contributed by atoms with van der Waals surface area (Å²) >= 11 is 0. The van der Waals surface area contributed by atoms with Crippen LogP contribution in [0.5, 0.6) is 0 Å². The number of hydrogen-bond acceptors (Lipinski definition) is 1. The standard InChI is InChI=1S/C12H16O/c1-10(2)8-9-12(13)11-6-4-3-5-7-11/h3-10,12-13H,1-2H3/b9-8+/t12-/m1/s1. The van der Waals surface area contributed by atoms with Gasteiger partial charge in [-0.05, 0) is 11.5 Å². The van der Waals surface area contributed by atoms with Crippen LogP contribution in [0.4, 0.5) is 0 Å². The summed E-state index contributed by atoms with van der Waals surface area (Å²) in [5, 5.41) is 9.68. The van der Waals surface area contributed by atoms with Crippen molar-refractivity contribution in [3.63, 3.8) is 0 Å². The normalized spacial score (nSPS) is 13.8. The minimum atomic E-state index is -0.469. The highest BCUT2D eigenvalue weighted by Crippen LogP contribution is 2.13. The summed E-state index contributed by atoms with van der Waals surface area (Å²) in [6.45, 7) is 4.18. The zero-order valence-corrected chi connectivity index (χ0v) is 8.14. The highest BCUT2D eigenvalue weighted by Gasteiger charge is 2.00. The van der Waals surface area contributed by atoms with E-state index in [1.165, 1.54) is 0 Å². The fourth-order valence-electron chi connectivity index (χ4n) is 1.09. The van der Waals surface area contributed by atoms with Gasteiger partial charge in [0.05, 0.1) is 6.10 Å². The van der Waals surface area contributed by atoms with Crippen molar-refractivity contribution in [3.8, 4) is 0 Å². The Hall–Kier alpha value is -1.08. The van der Waals surface area contributed by atoms with Gasteiger partial charge < -0.3 is 5.11 Å². The van der Waals surface area contributed by atoms with Gasteiger partial charge in [0.2, 0.25) is 0 Å². The molecule has 0 saturated carbocycles. The Morgan fingerprint density at radius 2 is 1.69 bits per heavy atom. The van der Waals surface area contributed by atoms with E-state index in [-0.39, 0.29) is 0 Å². The van der Waals surface area contributed by atoms with E-state index in [0.29, 0.717) is 5.92 Å². The second-order valence-corrected chi connectivity index (χ2v) is 3.48. The van der Waals surface area contributed by atoms with Crippen molar-refractivity contribution in [2.24, 2.45) is 5.92 Å². The van der Waals surface area contributed by atoms with E-state index >= 15 is 0 Å². The van der Waals surface area contributed by atoms with Gasteiger partial charge in [0.15, 0.2) is 0 Å². The van der Waals surface area contributed by atoms with Gasteiger partial charge in [0.25, 0.3) is 0 Å². The summed E-state index contributed by atoms with van der Waals surface area (Å²) in [6.07, 6.45) is 3.38. The van der Waals surface area contributed by atoms with E-state index in [1.807, 2.05) is 42.5 Å². The molecule has 13 heavy (non-hydrogen) atoms. The molecule has 0 aliphatic rings. The topological polar surface area (TPSA) is 20.2 Å². The van der Waals surface area contributed by atoms with Crippen molar-refractivity contribution in [2.45, 2.75) is 20.0 Å². The van der Waals surface area contributed by atoms with Crippen molar-refractivity contribution in [1.82, 2.24) is 0 Å². The van der Waals surface area contributed by atoms with Crippen LogP contribution in [0.15, 0.2) is 42.5 Å². The van der Waals surface area contributed by atoms with E-state index in [0.717, 1.165) is 5.56 Å². The highest BCUT2D eigenvalue weighted by atomic mass is 16.3. The molecule has 1 rings (SSSR count). The first kappa shape index (κ1) is 10.0. The van der Waals surface area contributed by atoms with Crippen LogP contribution < -0.4 is 0 Å². The first-order valence-corrected chi connectivity index (χ1v) is 4.61. The summed E-state index contributed by atoms with van der Waals surface area (Å²) in [5.74, 6) is 0.485. The number of rotatable bonds is 3. The van der Waals surface area contributed by atoms with Crippen molar-refractivity contribution in [3.05, 3.63) is 48.0 Å². The second kappa shape index (κ2) is 4.83. The van der Waals surface area contributed by atoms with Gasteiger partial charge in [-0.3, -0.25) is 0 Å². The Morgan fingerprint density at radius 1 is 1.08 bits per heavy atom.